The summed E-state index contributed by atoms with van der Waals surface area (Å²) in [7, 11) is 0. The van der Waals surface area contributed by atoms with Gasteiger partial charge in [-0.1, -0.05) is 71.9 Å². The molecule has 3 atom stereocenters. The lowest BCUT2D eigenvalue weighted by atomic mass is 9.98. The van der Waals surface area contributed by atoms with Gasteiger partial charge in [-0.3, -0.25) is 0 Å². The van der Waals surface area contributed by atoms with Crippen LogP contribution < -0.4 is 0 Å². The zero-order chi connectivity index (χ0) is 12.8. The van der Waals surface area contributed by atoms with Crippen LogP contribution in [0.4, 0.5) is 0 Å². The van der Waals surface area contributed by atoms with Gasteiger partial charge in [-0.15, -0.1) is 0 Å². The van der Waals surface area contributed by atoms with E-state index in [4.69, 9.17) is 4.74 Å². The SMILES string of the molecule is CC(OC1CCCCCCC1Br)c1ccccc1. The van der Waals surface area contributed by atoms with Crippen LogP contribution in [-0.4, -0.2) is 10.9 Å². The fourth-order valence-corrected chi connectivity index (χ4v) is 3.34. The van der Waals surface area contributed by atoms with Crippen LogP contribution in [0.3, 0.4) is 0 Å². The lowest BCUT2D eigenvalue weighted by Gasteiger charge is -2.28. The maximum atomic E-state index is 6.28. The molecule has 1 saturated carbocycles. The molecule has 3 unspecified atom stereocenters. The molecule has 0 heterocycles. The minimum atomic E-state index is 0.190. The first kappa shape index (κ1) is 14.1. The average molecular weight is 311 g/mol. The van der Waals surface area contributed by atoms with Crippen molar-refractivity contribution < 1.29 is 4.74 Å². The molecule has 0 spiro atoms. The Labute approximate surface area is 119 Å². The van der Waals surface area contributed by atoms with Gasteiger partial charge in [0.1, 0.15) is 0 Å². The van der Waals surface area contributed by atoms with E-state index >= 15 is 0 Å². The monoisotopic (exact) mass is 310 g/mol. The van der Waals surface area contributed by atoms with Gasteiger partial charge in [0.05, 0.1) is 12.2 Å². The van der Waals surface area contributed by atoms with Crippen LogP contribution in [0.15, 0.2) is 30.3 Å². The molecule has 1 aromatic rings. The van der Waals surface area contributed by atoms with E-state index in [-0.39, 0.29) is 6.10 Å². The van der Waals surface area contributed by atoms with Gasteiger partial charge in [-0.2, -0.15) is 0 Å². The predicted octanol–water partition coefficient (Wildman–Crippen LogP) is 5.25. The summed E-state index contributed by atoms with van der Waals surface area (Å²) in [6, 6.07) is 10.5. The minimum Gasteiger partial charge on any atom is -0.369 e. The van der Waals surface area contributed by atoms with Crippen molar-refractivity contribution in [3.8, 4) is 0 Å². The van der Waals surface area contributed by atoms with E-state index in [0.29, 0.717) is 10.9 Å². The molecule has 2 rings (SSSR count). The van der Waals surface area contributed by atoms with Crippen molar-refractivity contribution in [1.82, 2.24) is 0 Å². The topological polar surface area (TPSA) is 9.23 Å². The van der Waals surface area contributed by atoms with E-state index in [1.165, 1.54) is 44.1 Å². The maximum absolute atomic E-state index is 6.28. The summed E-state index contributed by atoms with van der Waals surface area (Å²) in [5, 5.41) is 0. The minimum absolute atomic E-state index is 0.190. The summed E-state index contributed by atoms with van der Waals surface area (Å²) in [6.07, 6.45) is 8.35. The van der Waals surface area contributed by atoms with Crippen molar-refractivity contribution >= 4 is 15.9 Å². The lowest BCUT2D eigenvalue weighted by molar-refractivity contribution is -0.0120. The van der Waals surface area contributed by atoms with Gasteiger partial charge >= 0.3 is 0 Å². The van der Waals surface area contributed by atoms with Crippen molar-refractivity contribution in [2.45, 2.75) is 62.5 Å². The Kier molecular flexibility index (Phi) is 5.71. The fraction of sp³-hybridized carbons (Fsp3) is 0.625. The number of hydrogen-bond acceptors (Lipinski definition) is 1. The highest BCUT2D eigenvalue weighted by molar-refractivity contribution is 9.09. The summed E-state index contributed by atoms with van der Waals surface area (Å²) in [4.78, 5) is 0.518. The van der Waals surface area contributed by atoms with Gasteiger partial charge in [0.2, 0.25) is 0 Å². The van der Waals surface area contributed by atoms with Crippen molar-refractivity contribution in [3.63, 3.8) is 0 Å². The van der Waals surface area contributed by atoms with E-state index in [2.05, 4.69) is 53.2 Å². The van der Waals surface area contributed by atoms with E-state index in [1.807, 2.05) is 0 Å². The second-order valence-electron chi connectivity index (χ2n) is 5.24. The van der Waals surface area contributed by atoms with Crippen LogP contribution in [-0.2, 0) is 4.74 Å². The van der Waals surface area contributed by atoms with Crippen LogP contribution in [0, 0.1) is 0 Å². The van der Waals surface area contributed by atoms with E-state index in [1.54, 1.807) is 0 Å². The molecular formula is C16H23BrO. The summed E-state index contributed by atoms with van der Waals surface area (Å²) >= 11 is 3.82. The van der Waals surface area contributed by atoms with Crippen LogP contribution in [0.25, 0.3) is 0 Å². The molecule has 1 nitrogen and oxygen atoms in total. The molecule has 1 aliphatic rings. The third-order valence-corrected chi connectivity index (χ3v) is 4.82. The average Bonchev–Trinajstić information content (AvgIpc) is 2.39. The molecule has 1 fully saturated rings. The zero-order valence-corrected chi connectivity index (χ0v) is 12.7. The molecule has 2 heteroatoms. The first-order valence-corrected chi connectivity index (χ1v) is 8.03. The normalized spacial score (nSPS) is 27.2. The number of rotatable bonds is 3. The lowest BCUT2D eigenvalue weighted by Crippen LogP contribution is -2.27. The Balaban J connectivity index is 1.94. The quantitative estimate of drug-likeness (QED) is 0.693. The highest BCUT2D eigenvalue weighted by Crippen LogP contribution is 2.29. The number of alkyl halides is 1. The molecule has 0 aliphatic heterocycles. The molecule has 0 bridgehead atoms. The summed E-state index contributed by atoms with van der Waals surface area (Å²) < 4.78 is 6.28. The zero-order valence-electron chi connectivity index (χ0n) is 11.1. The first-order chi connectivity index (χ1) is 8.77. The van der Waals surface area contributed by atoms with Crippen LogP contribution in [0.1, 0.15) is 57.1 Å². The molecule has 1 aliphatic carbocycles. The van der Waals surface area contributed by atoms with Crippen molar-refractivity contribution in [3.05, 3.63) is 35.9 Å². The highest BCUT2D eigenvalue weighted by Gasteiger charge is 2.23. The summed E-state index contributed by atoms with van der Waals surface area (Å²) in [6.45, 7) is 2.16. The van der Waals surface area contributed by atoms with Gasteiger partial charge in [0, 0.05) is 4.83 Å². The Hall–Kier alpha value is -0.340. The first-order valence-electron chi connectivity index (χ1n) is 7.12. The molecule has 0 N–H and O–H groups in total. The molecule has 100 valence electrons. The third-order valence-electron chi connectivity index (χ3n) is 3.77. The van der Waals surface area contributed by atoms with E-state index in [0.717, 1.165) is 0 Å². The molecule has 0 saturated heterocycles. The van der Waals surface area contributed by atoms with Gasteiger partial charge in [-0.05, 0) is 25.3 Å². The molecule has 18 heavy (non-hydrogen) atoms. The van der Waals surface area contributed by atoms with Crippen LogP contribution in [0.5, 0.6) is 0 Å². The smallest absolute Gasteiger partial charge is 0.0801 e. The molecule has 0 amide bonds. The third kappa shape index (κ3) is 4.10. The molecule has 0 radical (unpaired) electrons. The number of ether oxygens (including phenoxy) is 1. The molecular weight excluding hydrogens is 288 g/mol. The Morgan fingerprint density at radius 1 is 1.06 bits per heavy atom. The van der Waals surface area contributed by atoms with Gasteiger partial charge in [0.15, 0.2) is 0 Å². The summed E-state index contributed by atoms with van der Waals surface area (Å²) in [5.74, 6) is 0. The molecule has 0 aromatic heterocycles. The van der Waals surface area contributed by atoms with E-state index in [9.17, 15) is 0 Å². The molecule has 1 aromatic carbocycles. The van der Waals surface area contributed by atoms with Crippen LogP contribution in [0.2, 0.25) is 0 Å². The second kappa shape index (κ2) is 7.30. The van der Waals surface area contributed by atoms with Crippen molar-refractivity contribution in [1.29, 1.82) is 0 Å². The highest BCUT2D eigenvalue weighted by atomic mass is 79.9. The van der Waals surface area contributed by atoms with Crippen molar-refractivity contribution in [2.75, 3.05) is 0 Å². The fourth-order valence-electron chi connectivity index (χ4n) is 2.62. The number of halogens is 1. The Bertz CT molecular complexity index is 338. The predicted molar refractivity (Wildman–Crippen MR) is 80.1 cm³/mol. The van der Waals surface area contributed by atoms with Crippen LogP contribution >= 0.6 is 15.9 Å². The standard InChI is InChI=1S/C16H23BrO/c1-13(14-9-5-4-6-10-14)18-16-12-8-3-2-7-11-15(16)17/h4-6,9-10,13,15-16H,2-3,7-8,11-12H2,1H3. The second-order valence-corrected chi connectivity index (χ2v) is 6.41. The maximum Gasteiger partial charge on any atom is 0.0801 e. The number of hydrogen-bond donors (Lipinski definition) is 0. The van der Waals surface area contributed by atoms with Gasteiger partial charge in [-0.25, -0.2) is 0 Å². The van der Waals surface area contributed by atoms with Gasteiger partial charge < -0.3 is 4.74 Å². The Morgan fingerprint density at radius 2 is 1.72 bits per heavy atom. The van der Waals surface area contributed by atoms with Gasteiger partial charge in [0.25, 0.3) is 0 Å². The summed E-state index contributed by atoms with van der Waals surface area (Å²) in [5.41, 5.74) is 1.28. The Morgan fingerprint density at radius 3 is 2.44 bits per heavy atom. The van der Waals surface area contributed by atoms with Crippen molar-refractivity contribution in [2.24, 2.45) is 0 Å². The van der Waals surface area contributed by atoms with E-state index < -0.39 is 0 Å². The number of benzene rings is 1. The largest absolute Gasteiger partial charge is 0.369 e.